The zero-order valence-corrected chi connectivity index (χ0v) is 18.9. The Kier molecular flexibility index (Phi) is 6.81. The number of nitro groups is 1. The lowest BCUT2D eigenvalue weighted by Crippen LogP contribution is -2.31. The molecule has 0 aliphatic carbocycles. The number of nitrogens with zero attached hydrogens (tertiary/aromatic N) is 2. The molecule has 166 valence electrons. The Morgan fingerprint density at radius 3 is 2.41 bits per heavy atom. The van der Waals surface area contributed by atoms with E-state index < -0.39 is 20.9 Å². The van der Waals surface area contributed by atoms with Crippen molar-refractivity contribution < 1.29 is 18.1 Å². The van der Waals surface area contributed by atoms with Crippen LogP contribution in [0.3, 0.4) is 0 Å². The summed E-state index contributed by atoms with van der Waals surface area (Å²) in [5.74, 6) is -0.604. The molecular formula is C22H20ClN3O5S. The highest BCUT2D eigenvalue weighted by Gasteiger charge is 2.27. The Morgan fingerprint density at radius 2 is 1.78 bits per heavy atom. The first-order chi connectivity index (χ1) is 15.1. The minimum atomic E-state index is -4.02. The van der Waals surface area contributed by atoms with Gasteiger partial charge in [0.1, 0.15) is 4.90 Å². The van der Waals surface area contributed by atoms with Crippen molar-refractivity contribution in [3.05, 3.63) is 93.0 Å². The maximum Gasteiger partial charge on any atom is 0.270 e. The van der Waals surface area contributed by atoms with E-state index in [1.165, 1.54) is 40.7 Å². The van der Waals surface area contributed by atoms with Gasteiger partial charge in [0.25, 0.3) is 21.6 Å². The fourth-order valence-electron chi connectivity index (χ4n) is 3.15. The molecular weight excluding hydrogens is 454 g/mol. The third-order valence-electron chi connectivity index (χ3n) is 4.77. The Labute approximate surface area is 190 Å². The van der Waals surface area contributed by atoms with E-state index in [2.05, 4.69) is 5.32 Å². The summed E-state index contributed by atoms with van der Waals surface area (Å²) < 4.78 is 27.9. The highest BCUT2D eigenvalue weighted by Crippen LogP contribution is 2.31. The van der Waals surface area contributed by atoms with Crippen molar-refractivity contribution in [2.45, 2.75) is 18.7 Å². The number of aryl methyl sites for hydroxylation is 1. The number of sulfonamides is 1. The molecule has 0 spiro atoms. The Bertz CT molecular complexity index is 1280. The number of anilines is 2. The number of carbonyl (C=O) groups is 1. The van der Waals surface area contributed by atoms with Gasteiger partial charge in [-0.3, -0.25) is 19.2 Å². The molecule has 32 heavy (non-hydrogen) atoms. The number of hydrogen-bond donors (Lipinski definition) is 1. The van der Waals surface area contributed by atoms with E-state index in [1.54, 1.807) is 44.2 Å². The minimum absolute atomic E-state index is 0.00362. The van der Waals surface area contributed by atoms with E-state index in [0.717, 1.165) is 0 Å². The lowest BCUT2D eigenvalue weighted by molar-refractivity contribution is -0.384. The van der Waals surface area contributed by atoms with Crippen molar-refractivity contribution >= 4 is 44.6 Å². The molecule has 0 bridgehead atoms. The van der Waals surface area contributed by atoms with Crippen molar-refractivity contribution in [2.75, 3.05) is 16.2 Å². The molecule has 8 nitrogen and oxygen atoms in total. The van der Waals surface area contributed by atoms with Gasteiger partial charge in [0.15, 0.2) is 0 Å². The number of hydrogen-bond acceptors (Lipinski definition) is 5. The summed E-state index contributed by atoms with van der Waals surface area (Å²) in [4.78, 5) is 23.0. The van der Waals surface area contributed by atoms with Gasteiger partial charge in [0, 0.05) is 29.9 Å². The molecule has 0 saturated carbocycles. The van der Waals surface area contributed by atoms with Crippen molar-refractivity contribution in [3.8, 4) is 0 Å². The van der Waals surface area contributed by atoms with Crippen LogP contribution < -0.4 is 9.62 Å². The smallest absolute Gasteiger partial charge is 0.270 e. The molecule has 3 aromatic carbocycles. The monoisotopic (exact) mass is 473 g/mol. The topological polar surface area (TPSA) is 110 Å². The average Bonchev–Trinajstić information content (AvgIpc) is 2.76. The molecule has 3 aromatic rings. The molecule has 0 radical (unpaired) electrons. The number of amides is 1. The van der Waals surface area contributed by atoms with Crippen LogP contribution in [-0.4, -0.2) is 25.8 Å². The highest BCUT2D eigenvalue weighted by atomic mass is 35.5. The maximum atomic E-state index is 13.3. The van der Waals surface area contributed by atoms with Crippen LogP contribution in [0.15, 0.2) is 71.6 Å². The quantitative estimate of drug-likeness (QED) is 0.382. The van der Waals surface area contributed by atoms with Crippen LogP contribution in [0.25, 0.3) is 0 Å². The predicted molar refractivity (Wildman–Crippen MR) is 124 cm³/mol. The number of carbonyl (C=O) groups excluding carboxylic acids is 1. The fraction of sp³-hybridized carbons (Fsp3) is 0.136. The normalized spacial score (nSPS) is 11.1. The standard InChI is InChI=1S/C22H20ClN3O5S/c1-3-25(17-7-5-4-6-8-17)32(30,31)21-13-16(10-12-20(21)23)24-22(27)19-14-18(26(28)29)11-9-15(19)2/h4-14H,3H2,1-2H3,(H,24,27). The van der Waals surface area contributed by atoms with Gasteiger partial charge in [0.05, 0.1) is 15.6 Å². The lowest BCUT2D eigenvalue weighted by atomic mass is 10.1. The van der Waals surface area contributed by atoms with Gasteiger partial charge in [0.2, 0.25) is 0 Å². The molecule has 3 rings (SSSR count). The zero-order chi connectivity index (χ0) is 23.5. The molecule has 0 heterocycles. The van der Waals surface area contributed by atoms with Crippen molar-refractivity contribution in [1.29, 1.82) is 0 Å². The van der Waals surface area contributed by atoms with Crippen molar-refractivity contribution in [2.24, 2.45) is 0 Å². The van der Waals surface area contributed by atoms with Crippen LogP contribution in [0.1, 0.15) is 22.8 Å². The Balaban J connectivity index is 1.96. The predicted octanol–water partition coefficient (Wildman–Crippen LogP) is 5.02. The number of nitro benzene ring substituents is 1. The molecule has 0 aliphatic rings. The third kappa shape index (κ3) is 4.74. The second kappa shape index (κ2) is 9.37. The molecule has 0 saturated heterocycles. The van der Waals surface area contributed by atoms with E-state index in [9.17, 15) is 23.3 Å². The van der Waals surface area contributed by atoms with E-state index >= 15 is 0 Å². The maximum absolute atomic E-state index is 13.3. The third-order valence-corrected chi connectivity index (χ3v) is 7.15. The molecule has 0 fully saturated rings. The van der Waals surface area contributed by atoms with Crippen LogP contribution >= 0.6 is 11.6 Å². The SMILES string of the molecule is CCN(c1ccccc1)S(=O)(=O)c1cc(NC(=O)c2cc([N+](=O)[O-])ccc2C)ccc1Cl. The highest BCUT2D eigenvalue weighted by molar-refractivity contribution is 7.93. The average molecular weight is 474 g/mol. The first-order valence-electron chi connectivity index (χ1n) is 9.59. The second-order valence-corrected chi connectivity index (χ2v) is 9.10. The van der Waals surface area contributed by atoms with Gasteiger partial charge in [-0.1, -0.05) is 35.9 Å². The number of halogens is 1. The van der Waals surface area contributed by atoms with Crippen LogP contribution in [0.4, 0.5) is 17.1 Å². The zero-order valence-electron chi connectivity index (χ0n) is 17.3. The molecule has 1 amide bonds. The fourth-order valence-corrected chi connectivity index (χ4v) is 5.13. The van der Waals surface area contributed by atoms with Crippen LogP contribution in [0.5, 0.6) is 0 Å². The largest absolute Gasteiger partial charge is 0.322 e. The second-order valence-electron chi connectivity index (χ2n) is 6.86. The summed E-state index contributed by atoms with van der Waals surface area (Å²) >= 11 is 6.21. The summed E-state index contributed by atoms with van der Waals surface area (Å²) in [5, 5.41) is 13.6. The first kappa shape index (κ1) is 23.2. The van der Waals surface area contributed by atoms with Crippen molar-refractivity contribution in [1.82, 2.24) is 0 Å². The van der Waals surface area contributed by atoms with Gasteiger partial charge in [-0.05, 0) is 49.7 Å². The summed E-state index contributed by atoms with van der Waals surface area (Å²) in [7, 11) is -4.02. The van der Waals surface area contributed by atoms with E-state index in [0.29, 0.717) is 11.3 Å². The molecule has 0 aromatic heterocycles. The van der Waals surface area contributed by atoms with E-state index in [1.807, 2.05) is 0 Å². The lowest BCUT2D eigenvalue weighted by Gasteiger charge is -2.23. The summed E-state index contributed by atoms with van der Waals surface area (Å²) in [6.07, 6.45) is 0. The number of non-ortho nitro benzene ring substituents is 1. The molecule has 1 N–H and O–H groups in total. The van der Waals surface area contributed by atoms with Crippen molar-refractivity contribution in [3.63, 3.8) is 0 Å². The van der Waals surface area contributed by atoms with Crippen LogP contribution in [0.2, 0.25) is 5.02 Å². The van der Waals surface area contributed by atoms with E-state index in [4.69, 9.17) is 11.6 Å². The van der Waals surface area contributed by atoms with Crippen LogP contribution in [-0.2, 0) is 10.0 Å². The molecule has 0 aliphatic heterocycles. The number of benzene rings is 3. The van der Waals surface area contributed by atoms with Gasteiger partial charge < -0.3 is 5.32 Å². The Hall–Kier alpha value is -3.43. The van der Waals surface area contributed by atoms with Gasteiger partial charge >= 0.3 is 0 Å². The molecule has 0 unspecified atom stereocenters. The van der Waals surface area contributed by atoms with Gasteiger partial charge in [-0.2, -0.15) is 0 Å². The van der Waals surface area contributed by atoms with Gasteiger partial charge in [-0.15, -0.1) is 0 Å². The minimum Gasteiger partial charge on any atom is -0.322 e. The number of rotatable bonds is 7. The Morgan fingerprint density at radius 1 is 1.09 bits per heavy atom. The van der Waals surface area contributed by atoms with Gasteiger partial charge in [-0.25, -0.2) is 8.42 Å². The summed E-state index contributed by atoms with van der Waals surface area (Å²) in [6, 6.07) is 16.7. The summed E-state index contributed by atoms with van der Waals surface area (Å²) in [6.45, 7) is 3.52. The first-order valence-corrected chi connectivity index (χ1v) is 11.4. The van der Waals surface area contributed by atoms with Crippen LogP contribution in [0, 0.1) is 17.0 Å². The number of nitrogens with one attached hydrogen (secondary N) is 1. The van der Waals surface area contributed by atoms with E-state index in [-0.39, 0.29) is 33.4 Å². The molecule has 10 heteroatoms. The number of para-hydroxylation sites is 1. The molecule has 0 atom stereocenters. The summed E-state index contributed by atoms with van der Waals surface area (Å²) in [5.41, 5.74) is 1.09.